The fraction of sp³-hybridized carbons (Fsp3) is 0.143. The zero-order valence-corrected chi connectivity index (χ0v) is 12.9. The summed E-state index contributed by atoms with van der Waals surface area (Å²) >= 11 is 15.2. The molecule has 0 radical (unpaired) electrons. The molecule has 2 aromatic rings. The van der Waals surface area contributed by atoms with E-state index >= 15 is 0 Å². The third kappa shape index (κ3) is 3.69. The summed E-state index contributed by atoms with van der Waals surface area (Å²) < 4.78 is 13.6. The van der Waals surface area contributed by atoms with E-state index in [0.29, 0.717) is 20.9 Å². The highest BCUT2D eigenvalue weighted by molar-refractivity contribution is 9.10. The van der Waals surface area contributed by atoms with Gasteiger partial charge in [0.05, 0.1) is 4.47 Å². The number of rotatable bonds is 3. The lowest BCUT2D eigenvalue weighted by atomic mass is 10.00. The lowest BCUT2D eigenvalue weighted by Gasteiger charge is -2.14. The third-order valence-corrected chi connectivity index (χ3v) is 4.03. The molecule has 1 atom stereocenters. The molecular weight excluding hydrogens is 352 g/mol. The van der Waals surface area contributed by atoms with Crippen molar-refractivity contribution in [2.24, 2.45) is 5.73 Å². The van der Waals surface area contributed by atoms with Crippen molar-refractivity contribution in [2.75, 3.05) is 0 Å². The number of hydrogen-bond donors (Lipinski definition) is 1. The van der Waals surface area contributed by atoms with Crippen LogP contribution in [0.25, 0.3) is 0 Å². The average Bonchev–Trinajstić information content (AvgIpc) is 2.37. The monoisotopic (exact) mass is 361 g/mol. The van der Waals surface area contributed by atoms with Crippen molar-refractivity contribution in [1.82, 2.24) is 0 Å². The molecule has 1 unspecified atom stereocenters. The fourth-order valence-corrected chi connectivity index (χ4v) is 2.58. The van der Waals surface area contributed by atoms with E-state index in [-0.39, 0.29) is 11.9 Å². The van der Waals surface area contributed by atoms with Gasteiger partial charge in [0.1, 0.15) is 5.82 Å². The van der Waals surface area contributed by atoms with Crippen LogP contribution in [0.15, 0.2) is 40.9 Å². The Morgan fingerprint density at radius 2 is 1.89 bits per heavy atom. The first-order valence-electron chi connectivity index (χ1n) is 5.62. The maximum absolute atomic E-state index is 13.2. The van der Waals surface area contributed by atoms with E-state index in [1.54, 1.807) is 30.3 Å². The van der Waals surface area contributed by atoms with Crippen LogP contribution < -0.4 is 5.73 Å². The Hall–Kier alpha value is -0.610. The van der Waals surface area contributed by atoms with Gasteiger partial charge in [-0.15, -0.1) is 0 Å². The first-order chi connectivity index (χ1) is 8.97. The molecule has 2 aromatic carbocycles. The molecule has 0 aliphatic rings. The van der Waals surface area contributed by atoms with Crippen LogP contribution in [-0.4, -0.2) is 0 Å². The van der Waals surface area contributed by atoms with Gasteiger partial charge in [-0.3, -0.25) is 0 Å². The summed E-state index contributed by atoms with van der Waals surface area (Å²) in [7, 11) is 0. The van der Waals surface area contributed by atoms with E-state index in [1.165, 1.54) is 6.07 Å². The van der Waals surface area contributed by atoms with Crippen molar-refractivity contribution in [1.29, 1.82) is 0 Å². The molecule has 0 amide bonds. The molecule has 0 spiro atoms. The quantitative estimate of drug-likeness (QED) is 0.803. The van der Waals surface area contributed by atoms with E-state index in [9.17, 15) is 4.39 Å². The smallest absolute Gasteiger partial charge is 0.137 e. The van der Waals surface area contributed by atoms with E-state index in [1.807, 2.05) is 0 Å². The Kier molecular flexibility index (Phi) is 4.85. The van der Waals surface area contributed by atoms with E-state index < -0.39 is 0 Å². The number of benzene rings is 2. The van der Waals surface area contributed by atoms with E-state index in [2.05, 4.69) is 15.9 Å². The Morgan fingerprint density at radius 1 is 1.16 bits per heavy atom. The first-order valence-corrected chi connectivity index (χ1v) is 7.16. The maximum Gasteiger partial charge on any atom is 0.137 e. The second-order valence-electron chi connectivity index (χ2n) is 4.22. The molecule has 0 saturated carbocycles. The van der Waals surface area contributed by atoms with Gasteiger partial charge >= 0.3 is 0 Å². The lowest BCUT2D eigenvalue weighted by Crippen LogP contribution is -2.13. The van der Waals surface area contributed by atoms with Gasteiger partial charge in [0.15, 0.2) is 0 Å². The van der Waals surface area contributed by atoms with Crippen molar-refractivity contribution >= 4 is 39.1 Å². The Bertz CT molecular complexity index is 604. The van der Waals surface area contributed by atoms with Gasteiger partial charge in [0, 0.05) is 16.1 Å². The molecule has 0 fully saturated rings. The molecule has 0 bridgehead atoms. The molecule has 0 aromatic heterocycles. The molecule has 0 saturated heterocycles. The highest BCUT2D eigenvalue weighted by atomic mass is 79.9. The minimum atomic E-state index is -0.309. The third-order valence-electron chi connectivity index (χ3n) is 2.82. The van der Waals surface area contributed by atoms with Crippen molar-refractivity contribution < 1.29 is 4.39 Å². The summed E-state index contributed by atoms with van der Waals surface area (Å²) in [6.45, 7) is 0. The zero-order valence-electron chi connectivity index (χ0n) is 9.84. The first kappa shape index (κ1) is 14.8. The van der Waals surface area contributed by atoms with Gasteiger partial charge in [-0.25, -0.2) is 4.39 Å². The second kappa shape index (κ2) is 6.23. The lowest BCUT2D eigenvalue weighted by molar-refractivity contribution is 0.617. The normalized spacial score (nSPS) is 12.5. The van der Waals surface area contributed by atoms with Crippen LogP contribution >= 0.6 is 39.1 Å². The molecule has 0 heterocycles. The Balaban J connectivity index is 2.22. The van der Waals surface area contributed by atoms with Crippen LogP contribution in [0.3, 0.4) is 0 Å². The van der Waals surface area contributed by atoms with Crippen LogP contribution in [0.5, 0.6) is 0 Å². The Morgan fingerprint density at radius 3 is 2.58 bits per heavy atom. The summed E-state index contributed by atoms with van der Waals surface area (Å²) in [4.78, 5) is 0. The van der Waals surface area contributed by atoms with Crippen LogP contribution in [-0.2, 0) is 6.42 Å². The predicted octanol–water partition coefficient (Wildman–Crippen LogP) is 5.14. The topological polar surface area (TPSA) is 26.0 Å². The van der Waals surface area contributed by atoms with Gasteiger partial charge < -0.3 is 5.73 Å². The molecule has 1 nitrogen and oxygen atoms in total. The standard InChI is InChI=1S/C14H11BrCl2FN/c15-11-6-8(1-4-13(11)18)14(19)7-9-5-10(16)2-3-12(9)17/h1-6,14H,7,19H2. The van der Waals surface area contributed by atoms with Crippen LogP contribution in [0.4, 0.5) is 4.39 Å². The minimum absolute atomic E-state index is 0.270. The molecule has 100 valence electrons. The van der Waals surface area contributed by atoms with Gasteiger partial charge in [-0.1, -0.05) is 29.3 Å². The average molecular weight is 363 g/mol. The molecule has 0 aliphatic heterocycles. The van der Waals surface area contributed by atoms with Gasteiger partial charge in [-0.2, -0.15) is 0 Å². The van der Waals surface area contributed by atoms with Crippen LogP contribution in [0.2, 0.25) is 10.0 Å². The van der Waals surface area contributed by atoms with Gasteiger partial charge in [0.25, 0.3) is 0 Å². The molecule has 0 aliphatic carbocycles. The van der Waals surface area contributed by atoms with Gasteiger partial charge in [0.2, 0.25) is 0 Å². The highest BCUT2D eigenvalue weighted by Crippen LogP contribution is 2.27. The van der Waals surface area contributed by atoms with Crippen molar-refractivity contribution in [2.45, 2.75) is 12.5 Å². The molecule has 19 heavy (non-hydrogen) atoms. The van der Waals surface area contributed by atoms with Crippen molar-refractivity contribution in [3.05, 3.63) is 67.9 Å². The highest BCUT2D eigenvalue weighted by Gasteiger charge is 2.12. The fourth-order valence-electron chi connectivity index (χ4n) is 1.80. The SMILES string of the molecule is NC(Cc1cc(Cl)ccc1Cl)c1ccc(F)c(Br)c1. The predicted molar refractivity (Wildman–Crippen MR) is 81.2 cm³/mol. The maximum atomic E-state index is 13.2. The summed E-state index contributed by atoms with van der Waals surface area (Å²) in [5.74, 6) is -0.309. The Labute approximate surface area is 129 Å². The number of hydrogen-bond acceptors (Lipinski definition) is 1. The number of halogens is 4. The second-order valence-corrected chi connectivity index (χ2v) is 5.92. The molecule has 5 heteroatoms. The molecule has 2 rings (SSSR count). The molecular formula is C14H11BrCl2FN. The van der Waals surface area contributed by atoms with E-state index in [4.69, 9.17) is 28.9 Å². The summed E-state index contributed by atoms with van der Waals surface area (Å²) in [6, 6.07) is 9.73. The van der Waals surface area contributed by atoms with Gasteiger partial charge in [-0.05, 0) is 63.8 Å². The van der Waals surface area contributed by atoms with Crippen molar-refractivity contribution in [3.8, 4) is 0 Å². The largest absolute Gasteiger partial charge is 0.324 e. The van der Waals surface area contributed by atoms with Crippen LogP contribution in [0, 0.1) is 5.82 Å². The van der Waals surface area contributed by atoms with Crippen molar-refractivity contribution in [3.63, 3.8) is 0 Å². The van der Waals surface area contributed by atoms with Crippen LogP contribution in [0.1, 0.15) is 17.2 Å². The summed E-state index contributed by atoms with van der Waals surface area (Å²) in [5.41, 5.74) is 7.83. The zero-order chi connectivity index (χ0) is 14.0. The minimum Gasteiger partial charge on any atom is -0.324 e. The molecule has 2 N–H and O–H groups in total. The summed E-state index contributed by atoms with van der Waals surface area (Å²) in [5, 5.41) is 1.24. The summed E-state index contributed by atoms with van der Waals surface area (Å²) in [6.07, 6.45) is 0.539. The van der Waals surface area contributed by atoms with E-state index in [0.717, 1.165) is 11.1 Å². The number of nitrogens with two attached hydrogens (primary N) is 1.